The molecule has 1 fully saturated rings. The molecule has 1 atom stereocenters. The molecule has 1 aromatic heterocycles. The van der Waals surface area contributed by atoms with Gasteiger partial charge in [-0.1, -0.05) is 32.5 Å². The molecule has 1 saturated carbocycles. The highest BCUT2D eigenvalue weighted by molar-refractivity contribution is 7.80. The summed E-state index contributed by atoms with van der Waals surface area (Å²) in [5, 5.41) is 3.54. The number of nitrogens with zero attached hydrogens (tertiary/aromatic N) is 1. The number of hydrogen-bond acceptors (Lipinski definition) is 3. The van der Waals surface area contributed by atoms with Gasteiger partial charge in [0.15, 0.2) is 0 Å². The van der Waals surface area contributed by atoms with Gasteiger partial charge in [-0.05, 0) is 37.3 Å². The normalized spacial score (nSPS) is 21.8. The van der Waals surface area contributed by atoms with Crippen LogP contribution in [0.5, 0.6) is 0 Å². The largest absolute Gasteiger partial charge is 0.389 e. The van der Waals surface area contributed by atoms with Crippen LogP contribution >= 0.6 is 12.2 Å². The summed E-state index contributed by atoms with van der Waals surface area (Å²) in [5.41, 5.74) is 7.85. The van der Waals surface area contributed by atoms with E-state index >= 15 is 0 Å². The van der Waals surface area contributed by atoms with Crippen molar-refractivity contribution < 1.29 is 0 Å². The minimum atomic E-state index is 0.328. The van der Waals surface area contributed by atoms with Gasteiger partial charge in [-0.2, -0.15) is 0 Å². The Hall–Kier alpha value is -1.16. The number of nitrogens with two attached hydrogens (primary N) is 1. The van der Waals surface area contributed by atoms with Crippen LogP contribution in [0.25, 0.3) is 0 Å². The van der Waals surface area contributed by atoms with E-state index < -0.39 is 0 Å². The fraction of sp³-hybridized carbons (Fsp3) is 0.571. The maximum atomic E-state index is 5.69. The molecule has 0 radical (unpaired) electrons. The predicted octanol–water partition coefficient (Wildman–Crippen LogP) is 3.01. The molecule has 1 unspecified atom stereocenters. The Morgan fingerprint density at radius 1 is 1.50 bits per heavy atom. The van der Waals surface area contributed by atoms with E-state index in [2.05, 4.69) is 24.1 Å². The molecule has 0 bridgehead atoms. The average molecular weight is 263 g/mol. The Labute approximate surface area is 114 Å². The smallest absolute Gasteiger partial charge is 0.127 e. The van der Waals surface area contributed by atoms with E-state index in [-0.39, 0.29) is 0 Å². The second-order valence-electron chi connectivity index (χ2n) is 5.82. The maximum absolute atomic E-state index is 5.69. The topological polar surface area (TPSA) is 50.9 Å². The highest BCUT2D eigenvalue weighted by Crippen LogP contribution is 2.38. The van der Waals surface area contributed by atoms with Gasteiger partial charge in [0.2, 0.25) is 0 Å². The molecule has 98 valence electrons. The van der Waals surface area contributed by atoms with Gasteiger partial charge < -0.3 is 11.1 Å². The number of aromatic nitrogens is 1. The first-order chi connectivity index (χ1) is 8.38. The standard InChI is InChI=1S/C14H21N3S/c1-9-7-10(13(15)18)8-12(16-9)17-11-5-4-6-14(11,2)3/h7-8,11H,4-6H2,1-3H3,(H2,15,18)(H,16,17). The molecule has 1 aliphatic rings. The molecule has 3 N–H and O–H groups in total. The first-order valence-electron chi connectivity index (χ1n) is 6.43. The fourth-order valence-electron chi connectivity index (χ4n) is 2.66. The molecule has 0 aliphatic heterocycles. The fourth-order valence-corrected chi connectivity index (χ4v) is 2.78. The van der Waals surface area contributed by atoms with E-state index in [9.17, 15) is 0 Å². The number of anilines is 1. The van der Waals surface area contributed by atoms with Crippen molar-refractivity contribution >= 4 is 23.0 Å². The van der Waals surface area contributed by atoms with E-state index in [1.54, 1.807) is 0 Å². The zero-order chi connectivity index (χ0) is 13.3. The molecule has 18 heavy (non-hydrogen) atoms. The Bertz CT molecular complexity index is 468. The van der Waals surface area contributed by atoms with Crippen LogP contribution in [0.15, 0.2) is 12.1 Å². The lowest BCUT2D eigenvalue weighted by molar-refractivity contribution is 0.349. The summed E-state index contributed by atoms with van der Waals surface area (Å²) >= 11 is 5.03. The van der Waals surface area contributed by atoms with Crippen molar-refractivity contribution in [3.8, 4) is 0 Å². The van der Waals surface area contributed by atoms with Crippen molar-refractivity contribution in [1.82, 2.24) is 4.98 Å². The van der Waals surface area contributed by atoms with Crippen LogP contribution in [0.4, 0.5) is 5.82 Å². The number of hydrogen-bond donors (Lipinski definition) is 2. The second kappa shape index (κ2) is 4.84. The van der Waals surface area contributed by atoms with Gasteiger partial charge in [0, 0.05) is 17.3 Å². The molecule has 1 aromatic rings. The SMILES string of the molecule is Cc1cc(C(N)=S)cc(NC2CCCC2(C)C)n1. The monoisotopic (exact) mass is 263 g/mol. The number of rotatable bonds is 3. The van der Waals surface area contributed by atoms with Gasteiger partial charge >= 0.3 is 0 Å². The van der Waals surface area contributed by atoms with E-state index in [4.69, 9.17) is 18.0 Å². The van der Waals surface area contributed by atoms with Crippen LogP contribution < -0.4 is 11.1 Å². The van der Waals surface area contributed by atoms with Gasteiger partial charge in [0.05, 0.1) is 0 Å². The van der Waals surface area contributed by atoms with Gasteiger partial charge in [-0.15, -0.1) is 0 Å². The summed E-state index contributed by atoms with van der Waals surface area (Å²) in [6.45, 7) is 6.58. The van der Waals surface area contributed by atoms with Crippen molar-refractivity contribution in [2.24, 2.45) is 11.1 Å². The third-order valence-corrected chi connectivity index (χ3v) is 4.05. The van der Waals surface area contributed by atoms with Gasteiger partial charge in [0.1, 0.15) is 10.8 Å². The molecule has 1 aliphatic carbocycles. The van der Waals surface area contributed by atoms with E-state index in [1.165, 1.54) is 19.3 Å². The molecule has 2 rings (SSSR count). The van der Waals surface area contributed by atoms with Crippen molar-refractivity contribution in [2.45, 2.75) is 46.1 Å². The van der Waals surface area contributed by atoms with Crippen molar-refractivity contribution in [3.63, 3.8) is 0 Å². The van der Waals surface area contributed by atoms with E-state index in [0.717, 1.165) is 17.1 Å². The molecule has 0 spiro atoms. The Morgan fingerprint density at radius 3 is 2.78 bits per heavy atom. The molecule has 4 heteroatoms. The van der Waals surface area contributed by atoms with E-state index in [1.807, 2.05) is 19.1 Å². The number of nitrogens with one attached hydrogen (secondary N) is 1. The van der Waals surface area contributed by atoms with E-state index in [0.29, 0.717) is 16.4 Å². The van der Waals surface area contributed by atoms with Gasteiger partial charge in [0.25, 0.3) is 0 Å². The first-order valence-corrected chi connectivity index (χ1v) is 6.84. The zero-order valence-corrected chi connectivity index (χ0v) is 12.1. The first kappa shape index (κ1) is 13.3. The Balaban J connectivity index is 2.21. The summed E-state index contributed by atoms with van der Waals surface area (Å²) in [7, 11) is 0. The number of aryl methyl sites for hydroxylation is 1. The predicted molar refractivity (Wildman–Crippen MR) is 79.9 cm³/mol. The van der Waals surface area contributed by atoms with Crippen LogP contribution in [0.3, 0.4) is 0 Å². The molecule has 1 heterocycles. The number of thiocarbonyl (C=S) groups is 1. The summed E-state index contributed by atoms with van der Waals surface area (Å²) in [5.74, 6) is 0.887. The maximum Gasteiger partial charge on any atom is 0.127 e. The van der Waals surface area contributed by atoms with Crippen LogP contribution in [0, 0.1) is 12.3 Å². The summed E-state index contributed by atoms with van der Waals surface area (Å²) < 4.78 is 0. The van der Waals surface area contributed by atoms with Crippen LogP contribution in [0.2, 0.25) is 0 Å². The third kappa shape index (κ3) is 2.80. The average Bonchev–Trinajstić information content (AvgIpc) is 2.57. The quantitative estimate of drug-likeness (QED) is 0.823. The molecule has 0 saturated heterocycles. The molecule has 0 amide bonds. The molecule has 0 aromatic carbocycles. The Morgan fingerprint density at radius 2 is 2.22 bits per heavy atom. The highest BCUT2D eigenvalue weighted by atomic mass is 32.1. The van der Waals surface area contributed by atoms with Crippen molar-refractivity contribution in [2.75, 3.05) is 5.32 Å². The van der Waals surface area contributed by atoms with Crippen molar-refractivity contribution in [3.05, 3.63) is 23.4 Å². The summed E-state index contributed by atoms with van der Waals surface area (Å²) in [4.78, 5) is 4.94. The van der Waals surface area contributed by atoms with Gasteiger partial charge in [-0.25, -0.2) is 4.98 Å². The molecule has 3 nitrogen and oxygen atoms in total. The lowest BCUT2D eigenvalue weighted by Crippen LogP contribution is -2.31. The number of pyridine rings is 1. The van der Waals surface area contributed by atoms with Crippen molar-refractivity contribution in [1.29, 1.82) is 0 Å². The molecular formula is C14H21N3S. The zero-order valence-electron chi connectivity index (χ0n) is 11.3. The lowest BCUT2D eigenvalue weighted by Gasteiger charge is -2.28. The summed E-state index contributed by atoms with van der Waals surface area (Å²) in [6, 6.07) is 4.35. The molecular weight excluding hydrogens is 242 g/mol. The lowest BCUT2D eigenvalue weighted by atomic mass is 9.87. The van der Waals surface area contributed by atoms with Crippen LogP contribution in [-0.4, -0.2) is 16.0 Å². The highest BCUT2D eigenvalue weighted by Gasteiger charge is 2.34. The minimum absolute atomic E-state index is 0.328. The summed E-state index contributed by atoms with van der Waals surface area (Å²) in [6.07, 6.45) is 3.74. The minimum Gasteiger partial charge on any atom is -0.389 e. The van der Waals surface area contributed by atoms with Crippen LogP contribution in [-0.2, 0) is 0 Å². The third-order valence-electron chi connectivity index (χ3n) is 3.82. The Kier molecular flexibility index (Phi) is 3.57. The van der Waals surface area contributed by atoms with Gasteiger partial charge in [-0.3, -0.25) is 0 Å². The second-order valence-corrected chi connectivity index (χ2v) is 6.26. The van der Waals surface area contributed by atoms with Crippen LogP contribution in [0.1, 0.15) is 44.4 Å².